The predicted molar refractivity (Wildman–Crippen MR) is 68.8 cm³/mol. The number of Topliss-reactive ketones (excluding diaryl/α,β-unsaturated/α-hetero) is 1. The molecular formula is C14H18O2S. The van der Waals surface area contributed by atoms with Gasteiger partial charge in [0.2, 0.25) is 0 Å². The maximum Gasteiger partial charge on any atom is 0.173 e. The Hall–Kier alpha value is -0.830. The molecule has 2 nitrogen and oxygen atoms in total. The molecule has 0 radical (unpaired) electrons. The summed E-state index contributed by atoms with van der Waals surface area (Å²) in [6.45, 7) is 0. The molecule has 3 atom stereocenters. The van der Waals surface area contributed by atoms with Gasteiger partial charge in [-0.05, 0) is 37.0 Å². The van der Waals surface area contributed by atoms with E-state index < -0.39 is 0 Å². The van der Waals surface area contributed by atoms with E-state index in [1.165, 1.54) is 37.0 Å². The molecule has 3 unspecified atom stereocenters. The molecule has 0 aliphatic heterocycles. The fourth-order valence-corrected chi connectivity index (χ4v) is 4.34. The van der Waals surface area contributed by atoms with Gasteiger partial charge < -0.3 is 4.74 Å². The molecule has 1 aromatic heterocycles. The number of thiophene rings is 1. The second-order valence-electron chi connectivity index (χ2n) is 5.41. The van der Waals surface area contributed by atoms with Crippen molar-refractivity contribution in [3.05, 3.63) is 16.3 Å². The Balaban J connectivity index is 1.63. The highest BCUT2D eigenvalue weighted by Crippen LogP contribution is 2.49. The molecule has 0 amide bonds. The summed E-state index contributed by atoms with van der Waals surface area (Å²) in [4.78, 5) is 13.0. The molecule has 3 heteroatoms. The smallest absolute Gasteiger partial charge is 0.173 e. The van der Waals surface area contributed by atoms with Gasteiger partial charge in [-0.25, -0.2) is 0 Å². The average molecular weight is 250 g/mol. The van der Waals surface area contributed by atoms with Gasteiger partial charge in [0, 0.05) is 17.9 Å². The first-order valence-corrected chi connectivity index (χ1v) is 7.30. The lowest BCUT2D eigenvalue weighted by molar-refractivity contribution is 0.0948. The number of fused-ring (bicyclic) bond motifs is 2. The van der Waals surface area contributed by atoms with E-state index in [2.05, 4.69) is 0 Å². The van der Waals surface area contributed by atoms with E-state index >= 15 is 0 Å². The Morgan fingerprint density at radius 3 is 2.94 bits per heavy atom. The van der Waals surface area contributed by atoms with Gasteiger partial charge in [-0.15, -0.1) is 11.3 Å². The monoisotopic (exact) mass is 250 g/mol. The molecule has 2 aliphatic carbocycles. The van der Waals surface area contributed by atoms with Gasteiger partial charge in [-0.2, -0.15) is 0 Å². The summed E-state index contributed by atoms with van der Waals surface area (Å²) < 4.78 is 5.12. The molecule has 17 heavy (non-hydrogen) atoms. The molecule has 2 aliphatic rings. The summed E-state index contributed by atoms with van der Waals surface area (Å²) in [5.41, 5.74) is 0. The molecule has 0 aromatic carbocycles. The lowest BCUT2D eigenvalue weighted by Gasteiger charge is -2.20. The summed E-state index contributed by atoms with van der Waals surface area (Å²) in [5, 5.41) is 1.91. The third-order valence-electron chi connectivity index (χ3n) is 4.42. The van der Waals surface area contributed by atoms with Gasteiger partial charge in [-0.1, -0.05) is 6.42 Å². The summed E-state index contributed by atoms with van der Waals surface area (Å²) in [6, 6.07) is 1.88. The van der Waals surface area contributed by atoms with Gasteiger partial charge in [0.1, 0.15) is 5.75 Å². The number of ketones is 1. The van der Waals surface area contributed by atoms with Crippen LogP contribution in [0.3, 0.4) is 0 Å². The highest BCUT2D eigenvalue weighted by atomic mass is 32.1. The Morgan fingerprint density at radius 2 is 2.35 bits per heavy atom. The largest absolute Gasteiger partial charge is 0.496 e. The van der Waals surface area contributed by atoms with Crippen LogP contribution in [0.15, 0.2) is 11.4 Å². The summed E-state index contributed by atoms with van der Waals surface area (Å²) >= 11 is 1.51. The Kier molecular flexibility index (Phi) is 2.95. The predicted octanol–water partition coefficient (Wildman–Crippen LogP) is 3.77. The zero-order valence-electron chi connectivity index (χ0n) is 10.1. The van der Waals surface area contributed by atoms with E-state index in [0.29, 0.717) is 11.7 Å². The van der Waals surface area contributed by atoms with Gasteiger partial charge in [0.25, 0.3) is 0 Å². The topological polar surface area (TPSA) is 26.3 Å². The van der Waals surface area contributed by atoms with E-state index in [0.717, 1.165) is 28.9 Å². The molecule has 2 fully saturated rings. The number of hydrogen-bond acceptors (Lipinski definition) is 3. The molecule has 0 N–H and O–H groups in total. The van der Waals surface area contributed by atoms with E-state index in [4.69, 9.17) is 4.74 Å². The first kappa shape index (κ1) is 11.3. The van der Waals surface area contributed by atoms with Crippen molar-refractivity contribution in [2.75, 3.05) is 7.11 Å². The molecule has 2 bridgehead atoms. The minimum absolute atomic E-state index is 0.316. The van der Waals surface area contributed by atoms with Crippen LogP contribution >= 0.6 is 11.3 Å². The first-order valence-electron chi connectivity index (χ1n) is 6.42. The first-order chi connectivity index (χ1) is 8.26. The Morgan fingerprint density at radius 1 is 1.47 bits per heavy atom. The zero-order chi connectivity index (χ0) is 11.8. The van der Waals surface area contributed by atoms with Crippen LogP contribution in [-0.2, 0) is 0 Å². The van der Waals surface area contributed by atoms with Crippen molar-refractivity contribution in [3.63, 3.8) is 0 Å². The van der Waals surface area contributed by atoms with E-state index in [1.807, 2.05) is 11.4 Å². The molecular weight excluding hydrogens is 232 g/mol. The second-order valence-corrected chi connectivity index (χ2v) is 6.32. The number of rotatable bonds is 4. The fraction of sp³-hybridized carbons (Fsp3) is 0.643. The maximum absolute atomic E-state index is 12.2. The molecule has 0 saturated heterocycles. The van der Waals surface area contributed by atoms with Gasteiger partial charge in [0.05, 0.1) is 12.0 Å². The minimum Gasteiger partial charge on any atom is -0.496 e. The van der Waals surface area contributed by atoms with Crippen LogP contribution in [0.5, 0.6) is 5.75 Å². The minimum atomic E-state index is 0.316. The Bertz CT molecular complexity index is 424. The fourth-order valence-electron chi connectivity index (χ4n) is 3.54. The van der Waals surface area contributed by atoms with Crippen molar-refractivity contribution in [2.45, 2.75) is 32.1 Å². The summed E-state index contributed by atoms with van der Waals surface area (Å²) in [5.74, 6) is 3.55. The lowest BCUT2D eigenvalue weighted by atomic mass is 9.85. The maximum atomic E-state index is 12.2. The Labute approximate surface area is 106 Å². The average Bonchev–Trinajstić information content (AvgIpc) is 3.04. The summed E-state index contributed by atoms with van der Waals surface area (Å²) in [7, 11) is 1.65. The van der Waals surface area contributed by atoms with Crippen molar-refractivity contribution in [3.8, 4) is 5.75 Å². The quantitative estimate of drug-likeness (QED) is 0.760. The number of carbonyl (C=O) groups is 1. The van der Waals surface area contributed by atoms with Crippen LogP contribution in [0.2, 0.25) is 0 Å². The molecule has 0 spiro atoms. The second kappa shape index (κ2) is 4.45. The highest BCUT2D eigenvalue weighted by molar-refractivity contribution is 7.12. The SMILES string of the molecule is COc1csc(C(=O)CC2CC3CCC2C3)c1. The lowest BCUT2D eigenvalue weighted by Crippen LogP contribution is -2.14. The molecule has 1 heterocycles. The van der Waals surface area contributed by atoms with E-state index in [-0.39, 0.29) is 0 Å². The van der Waals surface area contributed by atoms with Crippen molar-refractivity contribution in [2.24, 2.45) is 17.8 Å². The normalized spacial score (nSPS) is 30.8. The van der Waals surface area contributed by atoms with Crippen LogP contribution in [0.4, 0.5) is 0 Å². The summed E-state index contributed by atoms with van der Waals surface area (Å²) in [6.07, 6.45) is 6.19. The van der Waals surface area contributed by atoms with Crippen molar-refractivity contribution < 1.29 is 9.53 Å². The molecule has 92 valence electrons. The van der Waals surface area contributed by atoms with Crippen LogP contribution in [0, 0.1) is 17.8 Å². The molecule has 2 saturated carbocycles. The number of carbonyl (C=O) groups excluding carboxylic acids is 1. The third kappa shape index (κ3) is 2.13. The number of methoxy groups -OCH3 is 1. The highest BCUT2D eigenvalue weighted by Gasteiger charge is 2.40. The van der Waals surface area contributed by atoms with Crippen LogP contribution in [0.1, 0.15) is 41.8 Å². The van der Waals surface area contributed by atoms with Gasteiger partial charge >= 0.3 is 0 Å². The van der Waals surface area contributed by atoms with Crippen LogP contribution < -0.4 is 4.74 Å². The van der Waals surface area contributed by atoms with Crippen molar-refractivity contribution in [1.82, 2.24) is 0 Å². The van der Waals surface area contributed by atoms with Crippen molar-refractivity contribution in [1.29, 1.82) is 0 Å². The molecule has 3 rings (SSSR count). The van der Waals surface area contributed by atoms with Crippen LogP contribution in [-0.4, -0.2) is 12.9 Å². The van der Waals surface area contributed by atoms with Crippen LogP contribution in [0.25, 0.3) is 0 Å². The van der Waals surface area contributed by atoms with E-state index in [1.54, 1.807) is 7.11 Å². The third-order valence-corrected chi connectivity index (χ3v) is 5.37. The van der Waals surface area contributed by atoms with Gasteiger partial charge in [0.15, 0.2) is 5.78 Å². The molecule has 1 aromatic rings. The zero-order valence-corrected chi connectivity index (χ0v) is 11.0. The van der Waals surface area contributed by atoms with E-state index in [9.17, 15) is 4.79 Å². The number of ether oxygens (including phenoxy) is 1. The standard InChI is InChI=1S/C14H18O2S/c1-16-12-7-14(17-8-12)13(15)6-11-5-9-2-3-10(11)4-9/h7-11H,2-6H2,1H3. The number of hydrogen-bond donors (Lipinski definition) is 0. The van der Waals surface area contributed by atoms with Gasteiger partial charge in [-0.3, -0.25) is 4.79 Å². The van der Waals surface area contributed by atoms with Crippen molar-refractivity contribution >= 4 is 17.1 Å².